The molecule has 0 unspecified atom stereocenters. The maximum Gasteiger partial charge on any atom is 0.0713 e. The average Bonchev–Trinajstić information content (AvgIpc) is 1.54. The lowest BCUT2D eigenvalue weighted by molar-refractivity contribution is 0.659. The third-order valence-corrected chi connectivity index (χ3v) is 28.2. The van der Waals surface area contributed by atoms with Gasteiger partial charge in [-0.15, -0.1) is 0 Å². The summed E-state index contributed by atoms with van der Waals surface area (Å²) in [6, 6.07) is 159. The molecule has 0 fully saturated rings. The monoisotopic (exact) mass is 1620 g/mol. The molecule has 0 radical (unpaired) electrons. The number of hydrogen-bond acceptors (Lipinski definition) is 0. The SMILES string of the molecule is Cc1ccc2c(c1)-c1ccccc1C2(C)C.Cc1ccc2c(c1)-c1ccccc1C2(c1ccccc1)c1ccccc1.Cc1ccc2c(c1)C(C)(C)c1ccccc1-2.Cc1ccc2c(c1)C(c1ccccc1)(c1ccccc1)c1ccccc1-2.Cc1cccc2c1-c1ccccc1C2(C)C.Cc1cccc2c1-c1ccccc1C2(c1ccccc1)c1ccccc1. The van der Waals surface area contributed by atoms with E-state index in [0.717, 1.165) is 0 Å². The molecule has 6 aliphatic rings. The Morgan fingerprint density at radius 1 is 0.135 bits per heavy atom. The van der Waals surface area contributed by atoms with Crippen molar-refractivity contribution in [1.82, 2.24) is 0 Å². The van der Waals surface area contributed by atoms with E-state index in [1.165, 1.54) is 200 Å². The van der Waals surface area contributed by atoms with Gasteiger partial charge in [0.2, 0.25) is 0 Å². The van der Waals surface area contributed by atoms with E-state index < -0.39 is 0 Å². The Balaban J connectivity index is 0.000000100. The Morgan fingerprint density at radius 2 is 0.349 bits per heavy atom. The molecule has 0 nitrogen and oxygen atoms in total. The van der Waals surface area contributed by atoms with Gasteiger partial charge in [-0.1, -0.05) is 501 Å². The maximum absolute atomic E-state index is 2.37. The van der Waals surface area contributed by atoms with Gasteiger partial charge >= 0.3 is 0 Å². The Labute approximate surface area is 747 Å². The number of aryl methyl sites for hydroxylation is 6. The van der Waals surface area contributed by atoms with E-state index in [9.17, 15) is 0 Å². The third kappa shape index (κ3) is 13.4. The van der Waals surface area contributed by atoms with Crippen LogP contribution in [0.2, 0.25) is 0 Å². The molecule has 6 aliphatic carbocycles. The van der Waals surface area contributed by atoms with Crippen LogP contribution in [0.5, 0.6) is 0 Å². The largest absolute Gasteiger partial charge is 0.0713 e. The first-order chi connectivity index (χ1) is 61.3. The van der Waals surface area contributed by atoms with Crippen LogP contribution in [-0.2, 0) is 32.5 Å². The van der Waals surface area contributed by atoms with Crippen LogP contribution >= 0.6 is 0 Å². The van der Waals surface area contributed by atoms with Gasteiger partial charge in [-0.2, -0.15) is 0 Å². The van der Waals surface area contributed by atoms with E-state index >= 15 is 0 Å². The molecule has 0 aliphatic heterocycles. The van der Waals surface area contributed by atoms with Gasteiger partial charge in [0.15, 0.2) is 0 Å². The van der Waals surface area contributed by atoms with Crippen molar-refractivity contribution in [3.63, 3.8) is 0 Å². The molecular weight excluding hydrogens is 1510 g/mol. The van der Waals surface area contributed by atoms with Crippen LogP contribution in [0.15, 0.2) is 437 Å². The quantitative estimate of drug-likeness (QED) is 0.156. The fraction of sp³-hybridized carbons (Fsp3) is 0.143. The van der Waals surface area contributed by atoms with Crippen molar-refractivity contribution in [1.29, 1.82) is 0 Å². The van der Waals surface area contributed by atoms with Gasteiger partial charge in [0, 0.05) is 16.2 Å². The van der Waals surface area contributed by atoms with Gasteiger partial charge in [0.1, 0.15) is 0 Å². The highest BCUT2D eigenvalue weighted by Gasteiger charge is 2.50. The fourth-order valence-corrected chi connectivity index (χ4v) is 22.4. The van der Waals surface area contributed by atoms with Crippen molar-refractivity contribution in [3.05, 3.63) is 570 Å². The summed E-state index contributed by atoms with van der Waals surface area (Å²) in [6.07, 6.45) is 0. The Bertz CT molecular complexity index is 6870. The van der Waals surface area contributed by atoms with E-state index in [1.807, 2.05) is 0 Å². The molecule has 0 heteroatoms. The second-order valence-electron chi connectivity index (χ2n) is 36.8. The van der Waals surface area contributed by atoms with Crippen molar-refractivity contribution >= 4 is 0 Å². The highest BCUT2D eigenvalue weighted by atomic mass is 14.5. The molecule has 0 spiro atoms. The summed E-state index contributed by atoms with van der Waals surface area (Å²) >= 11 is 0. The zero-order valence-electron chi connectivity index (χ0n) is 74.6. The summed E-state index contributed by atoms with van der Waals surface area (Å²) in [4.78, 5) is 0. The third-order valence-electron chi connectivity index (χ3n) is 28.2. The molecule has 0 saturated carbocycles. The molecule has 0 amide bonds. The lowest BCUT2D eigenvalue weighted by Gasteiger charge is -2.34. The molecule has 126 heavy (non-hydrogen) atoms. The number of benzene rings is 18. The lowest BCUT2D eigenvalue weighted by atomic mass is 9.67. The Hall–Kier alpha value is -14.0. The number of rotatable bonds is 6. The molecule has 0 heterocycles. The van der Waals surface area contributed by atoms with Crippen LogP contribution in [-0.4, -0.2) is 0 Å². The summed E-state index contributed by atoms with van der Waals surface area (Å²) < 4.78 is 0. The van der Waals surface area contributed by atoms with Crippen molar-refractivity contribution < 1.29 is 0 Å². The molecule has 0 aromatic heterocycles. The lowest BCUT2D eigenvalue weighted by Crippen LogP contribution is -2.28. The molecule has 18 aromatic carbocycles. The van der Waals surface area contributed by atoms with Crippen LogP contribution in [0, 0.1) is 41.5 Å². The molecule has 0 saturated heterocycles. The zero-order chi connectivity index (χ0) is 86.7. The Morgan fingerprint density at radius 3 is 0.770 bits per heavy atom. The number of hydrogen-bond donors (Lipinski definition) is 0. The predicted octanol–water partition coefficient (Wildman–Crippen LogP) is 32.0. The molecule has 18 aromatic rings. The van der Waals surface area contributed by atoms with Gasteiger partial charge in [0.25, 0.3) is 0 Å². The minimum Gasteiger partial charge on any atom is -0.0622 e. The second-order valence-corrected chi connectivity index (χ2v) is 36.8. The molecule has 24 rings (SSSR count). The van der Waals surface area contributed by atoms with Crippen LogP contribution in [0.4, 0.5) is 0 Å². The predicted molar refractivity (Wildman–Crippen MR) is 532 cm³/mol. The van der Waals surface area contributed by atoms with E-state index in [0.29, 0.717) is 0 Å². The van der Waals surface area contributed by atoms with Gasteiger partial charge < -0.3 is 0 Å². The van der Waals surface area contributed by atoms with E-state index in [-0.39, 0.29) is 32.5 Å². The minimum absolute atomic E-state index is 0.151. The summed E-state index contributed by atoms with van der Waals surface area (Å²) in [6.45, 7) is 27.0. The first-order valence-corrected chi connectivity index (χ1v) is 44.9. The number of fused-ring (bicyclic) bond motifs is 18. The maximum atomic E-state index is 2.37. The summed E-state index contributed by atoms with van der Waals surface area (Å²) in [5.41, 5.74) is 49.3. The second kappa shape index (κ2) is 32.9. The average molecular weight is 1620 g/mol. The molecule has 612 valence electrons. The van der Waals surface area contributed by atoms with Crippen LogP contribution in [0.25, 0.3) is 66.8 Å². The summed E-state index contributed by atoms with van der Waals surface area (Å²) in [5.74, 6) is 0. The fourth-order valence-electron chi connectivity index (χ4n) is 22.4. The van der Waals surface area contributed by atoms with Crippen LogP contribution < -0.4 is 0 Å². The standard InChI is InChI=1S/3C26H20.3C16H16/c1-19-11-10-18-24-25(19)22-16-8-9-17-23(22)26(24,20-12-4-2-5-13-20)21-14-6-3-7-15-21;1-19-16-17-25-23(18-19)22-14-8-9-15-24(22)26(25,20-10-4-2-5-11-20)21-12-6-3-7-13-21;1-19-16-17-23-22-14-8-9-15-24(22)26(25(23)18-19,20-10-4-2-5-11-20)21-12-6-3-7-13-21;1-11-7-6-10-14-15(11)12-8-4-5-9-13(12)16(14,2)3;1-11-8-9-15-13(10-11)12-6-4-5-7-14(12)16(15,2)3;1-11-8-9-13-12-6-4-5-7-14(12)16(2,3)15(13)10-11/h3*2-18H,1H3;3*4-10H,1-3H3. The van der Waals surface area contributed by atoms with Gasteiger partial charge in [0.05, 0.1) is 16.2 Å². The van der Waals surface area contributed by atoms with Gasteiger partial charge in [-0.05, 0) is 220 Å². The van der Waals surface area contributed by atoms with Crippen molar-refractivity contribution in [3.8, 4) is 66.8 Å². The van der Waals surface area contributed by atoms with Crippen LogP contribution in [0.3, 0.4) is 0 Å². The van der Waals surface area contributed by atoms with E-state index in [1.54, 1.807) is 0 Å². The first-order valence-electron chi connectivity index (χ1n) is 44.9. The highest BCUT2D eigenvalue weighted by molar-refractivity contribution is 5.91. The van der Waals surface area contributed by atoms with Gasteiger partial charge in [-0.3, -0.25) is 0 Å². The zero-order valence-corrected chi connectivity index (χ0v) is 74.6. The molecule has 0 atom stereocenters. The molecule has 0 N–H and O–H groups in total. The molecule has 0 bridgehead atoms. The van der Waals surface area contributed by atoms with Crippen molar-refractivity contribution in [2.24, 2.45) is 0 Å². The molecular formula is C126H108. The minimum atomic E-state index is -0.263. The van der Waals surface area contributed by atoms with Crippen molar-refractivity contribution in [2.45, 2.75) is 116 Å². The smallest absolute Gasteiger partial charge is 0.0622 e. The summed E-state index contributed by atoms with van der Waals surface area (Å²) in [5, 5.41) is 0. The highest BCUT2D eigenvalue weighted by Crippen LogP contribution is 2.61. The van der Waals surface area contributed by atoms with Gasteiger partial charge in [-0.25, -0.2) is 0 Å². The van der Waals surface area contributed by atoms with E-state index in [2.05, 4.69) is 520 Å². The Kier molecular flexibility index (Phi) is 21.3. The van der Waals surface area contributed by atoms with E-state index in [4.69, 9.17) is 0 Å². The summed E-state index contributed by atoms with van der Waals surface area (Å²) in [7, 11) is 0. The normalized spacial score (nSPS) is 14.6. The van der Waals surface area contributed by atoms with Crippen molar-refractivity contribution in [2.75, 3.05) is 0 Å². The topological polar surface area (TPSA) is 0 Å². The first kappa shape index (κ1) is 81.6. The van der Waals surface area contributed by atoms with Crippen LogP contribution in [0.1, 0.15) is 175 Å².